The van der Waals surface area contributed by atoms with Gasteiger partial charge in [0.1, 0.15) is 0 Å². The predicted molar refractivity (Wildman–Crippen MR) is 142 cm³/mol. The minimum Gasteiger partial charge on any atom is -0.225 e. The van der Waals surface area contributed by atoms with Crippen molar-refractivity contribution in [1.82, 2.24) is 0 Å². The molecule has 0 unspecified atom stereocenters. The third kappa shape index (κ3) is 5.67. The highest BCUT2D eigenvalue weighted by molar-refractivity contribution is 7.91. The summed E-state index contributed by atoms with van der Waals surface area (Å²) in [6.07, 6.45) is -4.11. The Morgan fingerprint density at radius 1 is 0.625 bits per heavy atom. The first-order valence-corrected chi connectivity index (χ1v) is 16.1. The van der Waals surface area contributed by atoms with Crippen molar-refractivity contribution in [2.45, 2.75) is 20.9 Å². The van der Waals surface area contributed by atoms with Crippen molar-refractivity contribution in [2.75, 3.05) is 6.26 Å². The van der Waals surface area contributed by atoms with Crippen LogP contribution in [0.1, 0.15) is 5.56 Å². The molecule has 40 heavy (non-hydrogen) atoms. The number of sulfone groups is 1. The van der Waals surface area contributed by atoms with Crippen molar-refractivity contribution < 1.29 is 38.4 Å². The SMILES string of the molecule is CS(=O)(=O)c1ccccc1-c1c(-c2ccccc2S(N)(=O)=O)c[c]c(S(N)(=O)=O)c1-c1ccccc1C(F)(F)F. The van der Waals surface area contributed by atoms with Crippen LogP contribution < -0.4 is 10.3 Å². The third-order valence-electron chi connectivity index (χ3n) is 5.92. The van der Waals surface area contributed by atoms with Gasteiger partial charge in [-0.3, -0.25) is 0 Å². The molecule has 209 valence electrons. The van der Waals surface area contributed by atoms with E-state index in [0.29, 0.717) is 0 Å². The fourth-order valence-electron chi connectivity index (χ4n) is 4.39. The molecule has 0 saturated carbocycles. The van der Waals surface area contributed by atoms with Gasteiger partial charge in [-0.05, 0) is 35.4 Å². The maximum atomic E-state index is 14.2. The maximum Gasteiger partial charge on any atom is 0.417 e. The normalized spacial score (nSPS) is 12.8. The first kappa shape index (κ1) is 29.4. The highest BCUT2D eigenvalue weighted by atomic mass is 32.2. The zero-order valence-corrected chi connectivity index (χ0v) is 22.9. The zero-order valence-electron chi connectivity index (χ0n) is 20.5. The van der Waals surface area contributed by atoms with Crippen molar-refractivity contribution in [3.8, 4) is 33.4 Å². The second kappa shape index (κ2) is 10.1. The van der Waals surface area contributed by atoms with E-state index in [4.69, 9.17) is 10.3 Å². The van der Waals surface area contributed by atoms with Gasteiger partial charge in [-0.1, -0.05) is 54.6 Å². The average Bonchev–Trinajstić information content (AvgIpc) is 2.86. The quantitative estimate of drug-likeness (QED) is 0.334. The van der Waals surface area contributed by atoms with Gasteiger partial charge in [0.2, 0.25) is 20.0 Å². The Morgan fingerprint density at radius 3 is 1.65 bits per heavy atom. The van der Waals surface area contributed by atoms with Gasteiger partial charge >= 0.3 is 6.18 Å². The van der Waals surface area contributed by atoms with Crippen LogP contribution in [-0.4, -0.2) is 31.5 Å². The Bertz CT molecular complexity index is 1970. The predicted octanol–water partition coefficient (Wildman–Crippen LogP) is 4.20. The lowest BCUT2D eigenvalue weighted by Crippen LogP contribution is -2.17. The smallest absolute Gasteiger partial charge is 0.225 e. The van der Waals surface area contributed by atoms with Crippen LogP contribution in [0.2, 0.25) is 0 Å². The van der Waals surface area contributed by atoms with Crippen LogP contribution >= 0.6 is 0 Å². The molecule has 0 aliphatic heterocycles. The summed E-state index contributed by atoms with van der Waals surface area (Å²) in [5.41, 5.74) is -3.34. The van der Waals surface area contributed by atoms with Gasteiger partial charge in [0.15, 0.2) is 9.84 Å². The van der Waals surface area contributed by atoms with E-state index in [1.807, 2.05) is 0 Å². The molecule has 0 aliphatic carbocycles. The van der Waals surface area contributed by atoms with Gasteiger partial charge in [0, 0.05) is 34.6 Å². The van der Waals surface area contributed by atoms with Gasteiger partial charge in [-0.2, -0.15) is 13.2 Å². The Kier molecular flexibility index (Phi) is 7.45. The van der Waals surface area contributed by atoms with E-state index in [1.165, 1.54) is 48.5 Å². The lowest BCUT2D eigenvalue weighted by molar-refractivity contribution is -0.137. The van der Waals surface area contributed by atoms with Crippen LogP contribution in [0.5, 0.6) is 0 Å². The molecule has 4 N–H and O–H groups in total. The van der Waals surface area contributed by atoms with E-state index in [1.54, 1.807) is 0 Å². The minimum atomic E-state index is -4.98. The van der Waals surface area contributed by atoms with E-state index in [0.717, 1.165) is 36.6 Å². The second-order valence-corrected chi connectivity index (χ2v) is 13.7. The molecule has 0 saturated heterocycles. The Morgan fingerprint density at radius 2 is 1.12 bits per heavy atom. The topological polar surface area (TPSA) is 154 Å². The molecular weight excluding hydrogens is 589 g/mol. The summed E-state index contributed by atoms with van der Waals surface area (Å²) in [4.78, 5) is -1.67. The summed E-state index contributed by atoms with van der Waals surface area (Å²) in [7, 11) is -13.3. The Balaban J connectivity index is 2.39. The zero-order chi connectivity index (χ0) is 29.7. The molecule has 4 rings (SSSR count). The van der Waals surface area contributed by atoms with Crippen LogP contribution in [0, 0.1) is 6.07 Å². The summed E-state index contributed by atoms with van der Waals surface area (Å²) in [6, 6.07) is 17.9. The van der Waals surface area contributed by atoms with Crippen molar-refractivity contribution in [3.63, 3.8) is 0 Å². The molecular formula is C26H20F3N2O6S3. The van der Waals surface area contributed by atoms with E-state index in [9.17, 15) is 38.4 Å². The fourth-order valence-corrected chi connectivity index (χ4v) is 6.75. The summed E-state index contributed by atoms with van der Waals surface area (Å²) in [5, 5.41) is 10.9. The lowest BCUT2D eigenvalue weighted by Gasteiger charge is -2.23. The first-order valence-electron chi connectivity index (χ1n) is 11.1. The number of primary sulfonamides is 2. The molecule has 0 heterocycles. The van der Waals surface area contributed by atoms with E-state index < -0.39 is 62.5 Å². The summed E-state index contributed by atoms with van der Waals surface area (Å²) < 4.78 is 119. The highest BCUT2D eigenvalue weighted by Crippen LogP contribution is 2.49. The summed E-state index contributed by atoms with van der Waals surface area (Å²) >= 11 is 0. The Hall–Kier alpha value is -3.56. The molecule has 0 aromatic heterocycles. The molecule has 0 aliphatic rings. The third-order valence-corrected chi connectivity index (χ3v) is 8.93. The van der Waals surface area contributed by atoms with Gasteiger partial charge < -0.3 is 0 Å². The first-order chi connectivity index (χ1) is 18.4. The molecule has 0 fully saturated rings. The van der Waals surface area contributed by atoms with Crippen LogP contribution in [0.15, 0.2) is 93.5 Å². The minimum absolute atomic E-state index is 0.133. The molecule has 1 radical (unpaired) electrons. The van der Waals surface area contributed by atoms with Gasteiger partial charge in [0.05, 0.1) is 20.2 Å². The monoisotopic (exact) mass is 609 g/mol. The number of benzene rings is 4. The maximum absolute atomic E-state index is 14.2. The van der Waals surface area contributed by atoms with Gasteiger partial charge in [-0.25, -0.2) is 35.5 Å². The molecule has 0 atom stereocenters. The van der Waals surface area contributed by atoms with Crippen molar-refractivity contribution in [3.05, 3.63) is 90.5 Å². The molecule has 8 nitrogen and oxygen atoms in total. The second-order valence-electron chi connectivity index (χ2n) is 8.68. The highest BCUT2D eigenvalue weighted by Gasteiger charge is 2.37. The molecule has 4 aromatic rings. The number of hydrogen-bond acceptors (Lipinski definition) is 6. The van der Waals surface area contributed by atoms with Gasteiger partial charge in [0.25, 0.3) is 0 Å². The van der Waals surface area contributed by atoms with E-state index in [-0.39, 0.29) is 27.1 Å². The van der Waals surface area contributed by atoms with Gasteiger partial charge in [-0.15, -0.1) is 0 Å². The number of rotatable bonds is 6. The van der Waals surface area contributed by atoms with Crippen molar-refractivity contribution >= 4 is 29.9 Å². The van der Waals surface area contributed by atoms with E-state index >= 15 is 0 Å². The number of sulfonamides is 2. The largest absolute Gasteiger partial charge is 0.417 e. The van der Waals surface area contributed by atoms with Crippen LogP contribution in [0.25, 0.3) is 33.4 Å². The van der Waals surface area contributed by atoms with Crippen LogP contribution in [-0.2, 0) is 36.1 Å². The van der Waals surface area contributed by atoms with Crippen molar-refractivity contribution in [2.24, 2.45) is 10.3 Å². The van der Waals surface area contributed by atoms with Crippen LogP contribution in [0.4, 0.5) is 13.2 Å². The summed E-state index contributed by atoms with van der Waals surface area (Å²) in [6.45, 7) is 0. The number of alkyl halides is 3. The van der Waals surface area contributed by atoms with E-state index in [2.05, 4.69) is 6.07 Å². The average molecular weight is 610 g/mol. The molecule has 14 heteroatoms. The number of halogens is 3. The molecule has 0 spiro atoms. The molecule has 0 amide bonds. The lowest BCUT2D eigenvalue weighted by atomic mass is 9.86. The van der Waals surface area contributed by atoms with Crippen molar-refractivity contribution in [1.29, 1.82) is 0 Å². The molecule has 0 bridgehead atoms. The fraction of sp³-hybridized carbons (Fsp3) is 0.0769. The number of hydrogen-bond donors (Lipinski definition) is 2. The standard InChI is InChI=1S/C26H20F3N2O6S3/c1-38(32,33)21-12-6-4-10-19(21)24-17(16-8-3-7-13-22(16)39(30,34)35)14-15-23(40(31,36)37)25(24)18-9-2-5-11-20(18)26(27,28)29/h2-14H,1H3,(H2,30,34,35)(H2,31,36,37). The number of nitrogens with two attached hydrogens (primary N) is 2. The summed E-state index contributed by atoms with van der Waals surface area (Å²) in [5.74, 6) is 0. The van der Waals surface area contributed by atoms with Crippen LogP contribution in [0.3, 0.4) is 0 Å². The Labute approximate surface area is 229 Å². The molecule has 4 aromatic carbocycles.